The van der Waals surface area contributed by atoms with Crippen molar-refractivity contribution >= 4 is 23.8 Å². The van der Waals surface area contributed by atoms with E-state index in [9.17, 15) is 0 Å². The maximum absolute atomic E-state index is 2.47. The molecule has 248 valence electrons. The molecule has 7 aromatic rings. The number of hydrogen-bond donors (Lipinski definition) is 0. The summed E-state index contributed by atoms with van der Waals surface area (Å²) in [4.78, 5) is 0. The van der Waals surface area contributed by atoms with E-state index in [1.165, 1.54) is 116 Å². The highest BCUT2D eigenvalue weighted by atomic mass is 31.1. The van der Waals surface area contributed by atoms with Gasteiger partial charge in [0.25, 0.3) is 0 Å². The van der Waals surface area contributed by atoms with Gasteiger partial charge in [-0.3, -0.25) is 0 Å². The third-order valence-corrected chi connectivity index (χ3v) is 14.0. The van der Waals surface area contributed by atoms with Gasteiger partial charge in [-0.2, -0.15) is 0 Å². The van der Waals surface area contributed by atoms with Crippen molar-refractivity contribution in [3.8, 4) is 44.5 Å². The van der Waals surface area contributed by atoms with E-state index >= 15 is 0 Å². The molecule has 0 aliphatic heterocycles. The van der Waals surface area contributed by atoms with Crippen molar-refractivity contribution in [3.63, 3.8) is 0 Å². The monoisotopic (exact) mass is 674 g/mol. The molecule has 7 aromatic carbocycles. The lowest BCUT2D eigenvalue weighted by atomic mass is 9.91. The van der Waals surface area contributed by atoms with E-state index in [-0.39, 0.29) is 0 Å². The molecule has 0 heterocycles. The maximum Gasteiger partial charge on any atom is -0.000665 e. The van der Waals surface area contributed by atoms with E-state index in [0.717, 1.165) is 12.8 Å². The zero-order valence-electron chi connectivity index (χ0n) is 30.5. The Hall–Kier alpha value is -5.03. The molecule has 0 N–H and O–H groups in total. The Bertz CT molecular complexity index is 2330. The van der Waals surface area contributed by atoms with Crippen LogP contribution in [-0.2, 0) is 12.8 Å². The van der Waals surface area contributed by atoms with Crippen LogP contribution in [0.3, 0.4) is 0 Å². The van der Waals surface area contributed by atoms with Crippen molar-refractivity contribution in [2.45, 2.75) is 54.4 Å². The molecule has 2 aliphatic carbocycles. The van der Waals surface area contributed by atoms with E-state index < -0.39 is 7.92 Å². The summed E-state index contributed by atoms with van der Waals surface area (Å²) >= 11 is 0. The van der Waals surface area contributed by atoms with Gasteiger partial charge in [0.15, 0.2) is 0 Å². The summed E-state index contributed by atoms with van der Waals surface area (Å²) in [6, 6.07) is 49.0. The molecular formula is C50H43P. The average molecular weight is 675 g/mol. The van der Waals surface area contributed by atoms with Crippen LogP contribution in [0.2, 0.25) is 0 Å². The number of hydrogen-bond acceptors (Lipinski definition) is 0. The molecule has 0 bridgehead atoms. The van der Waals surface area contributed by atoms with Crippen LogP contribution >= 0.6 is 7.92 Å². The fourth-order valence-corrected chi connectivity index (χ4v) is 12.5. The van der Waals surface area contributed by atoms with Crippen molar-refractivity contribution in [3.05, 3.63) is 183 Å². The third kappa shape index (κ3) is 5.15. The predicted octanol–water partition coefficient (Wildman–Crippen LogP) is 11.8. The van der Waals surface area contributed by atoms with Gasteiger partial charge >= 0.3 is 0 Å². The maximum atomic E-state index is 2.47. The minimum Gasteiger partial charge on any atom is -0.0622 e. The lowest BCUT2D eigenvalue weighted by Crippen LogP contribution is -2.29. The van der Waals surface area contributed by atoms with Gasteiger partial charge in [0, 0.05) is 0 Å². The Morgan fingerprint density at radius 1 is 0.373 bits per heavy atom. The van der Waals surface area contributed by atoms with Crippen molar-refractivity contribution < 1.29 is 0 Å². The van der Waals surface area contributed by atoms with E-state index in [1.807, 2.05) is 0 Å². The number of benzene rings is 7. The van der Waals surface area contributed by atoms with Crippen LogP contribution in [0.25, 0.3) is 44.5 Å². The van der Waals surface area contributed by atoms with Crippen LogP contribution in [0.5, 0.6) is 0 Å². The van der Waals surface area contributed by atoms with Gasteiger partial charge in [0.2, 0.25) is 0 Å². The second-order valence-corrected chi connectivity index (χ2v) is 16.9. The first-order valence-corrected chi connectivity index (χ1v) is 19.6. The molecule has 0 unspecified atom stereocenters. The van der Waals surface area contributed by atoms with E-state index in [1.54, 1.807) is 0 Å². The Labute approximate surface area is 304 Å². The zero-order valence-corrected chi connectivity index (χ0v) is 31.4. The third-order valence-electron chi connectivity index (χ3n) is 11.3. The van der Waals surface area contributed by atoms with Gasteiger partial charge in [0.1, 0.15) is 0 Å². The second-order valence-electron chi connectivity index (χ2n) is 14.9. The van der Waals surface area contributed by atoms with Crippen molar-refractivity contribution in [1.29, 1.82) is 0 Å². The fourth-order valence-electron chi connectivity index (χ4n) is 9.46. The van der Waals surface area contributed by atoms with Gasteiger partial charge in [-0.1, -0.05) is 139 Å². The molecule has 51 heavy (non-hydrogen) atoms. The predicted molar refractivity (Wildman–Crippen MR) is 221 cm³/mol. The molecule has 0 aromatic heterocycles. The topological polar surface area (TPSA) is 0 Å². The summed E-state index contributed by atoms with van der Waals surface area (Å²) in [6.07, 6.45) is 1.91. The van der Waals surface area contributed by atoms with Crippen LogP contribution in [0.4, 0.5) is 0 Å². The number of aryl methyl sites for hydroxylation is 6. The first-order chi connectivity index (χ1) is 24.8. The quantitative estimate of drug-likeness (QED) is 0.159. The second kappa shape index (κ2) is 12.3. The molecule has 0 saturated heterocycles. The molecule has 0 saturated carbocycles. The molecule has 0 spiro atoms. The van der Waals surface area contributed by atoms with Crippen LogP contribution < -0.4 is 15.9 Å². The highest BCUT2D eigenvalue weighted by Crippen LogP contribution is 2.51. The SMILES string of the molecule is Cc1cc(C)c(-c2ccc3c(c2P(c2ccccc2)c2c(-c4c(C)cc(C)cc4C)ccc4c2Cc2ccccc2-4)Cc2ccccc2-3)c(C)c1. The smallest absolute Gasteiger partial charge is 0.000665 e. The highest BCUT2D eigenvalue weighted by Gasteiger charge is 2.35. The molecule has 1 heteroatoms. The Morgan fingerprint density at radius 2 is 0.745 bits per heavy atom. The van der Waals surface area contributed by atoms with E-state index in [0.29, 0.717) is 0 Å². The van der Waals surface area contributed by atoms with E-state index in [4.69, 9.17) is 0 Å². The summed E-state index contributed by atoms with van der Waals surface area (Å²) in [5.41, 5.74) is 25.0. The van der Waals surface area contributed by atoms with Crippen LogP contribution in [0.1, 0.15) is 55.6 Å². The first-order valence-electron chi connectivity index (χ1n) is 18.3. The standard InChI is InChI=1S/C50H43P/c1-30-24-32(3)47(33(4)25-30)43-22-20-41-39-18-12-10-14-36(39)28-45(41)49(43)51(38-16-8-7-9-17-38)50-44(48-34(5)26-31(2)27-35(48)6)23-21-42-40-19-13-11-15-37(40)29-46(42)50/h7-27H,28-29H2,1-6H3. The molecule has 0 radical (unpaired) electrons. The molecule has 9 rings (SSSR count). The molecule has 0 fully saturated rings. The fraction of sp³-hybridized carbons (Fsp3) is 0.160. The summed E-state index contributed by atoms with van der Waals surface area (Å²) in [5.74, 6) is 0. The summed E-state index contributed by atoms with van der Waals surface area (Å²) in [5, 5.41) is 4.45. The van der Waals surface area contributed by atoms with Gasteiger partial charge in [0.05, 0.1) is 0 Å². The summed E-state index contributed by atoms with van der Waals surface area (Å²) in [7, 11) is -1.01. The zero-order chi connectivity index (χ0) is 35.0. The molecule has 0 nitrogen and oxygen atoms in total. The summed E-state index contributed by atoms with van der Waals surface area (Å²) in [6.45, 7) is 13.7. The van der Waals surface area contributed by atoms with Crippen molar-refractivity contribution in [2.75, 3.05) is 0 Å². The number of fused-ring (bicyclic) bond motifs is 6. The Morgan fingerprint density at radius 3 is 1.18 bits per heavy atom. The largest absolute Gasteiger partial charge is 0.0622 e. The number of rotatable bonds is 5. The van der Waals surface area contributed by atoms with Crippen LogP contribution in [0, 0.1) is 41.5 Å². The van der Waals surface area contributed by atoms with Crippen LogP contribution in [-0.4, -0.2) is 0 Å². The van der Waals surface area contributed by atoms with Gasteiger partial charge < -0.3 is 0 Å². The van der Waals surface area contributed by atoms with Gasteiger partial charge in [-0.15, -0.1) is 0 Å². The Kier molecular flexibility index (Phi) is 7.72. The normalized spacial score (nSPS) is 12.5. The highest BCUT2D eigenvalue weighted by molar-refractivity contribution is 7.80. The Balaban J connectivity index is 1.45. The van der Waals surface area contributed by atoms with Gasteiger partial charge in [-0.05, 0) is 167 Å². The molecule has 2 aliphatic rings. The van der Waals surface area contributed by atoms with Crippen molar-refractivity contribution in [1.82, 2.24) is 0 Å². The minimum atomic E-state index is -1.01. The lowest BCUT2D eigenvalue weighted by Gasteiger charge is -2.31. The molecule has 0 amide bonds. The van der Waals surface area contributed by atoms with E-state index in [2.05, 4.69) is 169 Å². The summed E-state index contributed by atoms with van der Waals surface area (Å²) < 4.78 is 0. The lowest BCUT2D eigenvalue weighted by molar-refractivity contribution is 1.27. The molecular weight excluding hydrogens is 632 g/mol. The van der Waals surface area contributed by atoms with Crippen molar-refractivity contribution in [2.24, 2.45) is 0 Å². The van der Waals surface area contributed by atoms with Gasteiger partial charge in [-0.25, -0.2) is 0 Å². The average Bonchev–Trinajstić information content (AvgIpc) is 3.68. The molecule has 0 atom stereocenters. The van der Waals surface area contributed by atoms with Crippen LogP contribution in [0.15, 0.2) is 127 Å². The first kappa shape index (κ1) is 31.9. The minimum absolute atomic E-state index is 0.956.